The monoisotopic (exact) mass is 163 g/mol. The molecule has 2 nitrogen and oxygen atoms in total. The molecule has 0 fully saturated rings. The van der Waals surface area contributed by atoms with Gasteiger partial charge >= 0.3 is 0 Å². The third-order valence-electron chi connectivity index (χ3n) is 1.19. The molecular formula is C7H14ClNO. The first kappa shape index (κ1) is 9.95. The van der Waals surface area contributed by atoms with E-state index in [4.69, 9.17) is 16.3 Å². The second kappa shape index (κ2) is 7.06. The molecule has 1 unspecified atom stereocenters. The van der Waals surface area contributed by atoms with Crippen LogP contribution in [0.4, 0.5) is 0 Å². The highest BCUT2D eigenvalue weighted by Crippen LogP contribution is 1.83. The van der Waals surface area contributed by atoms with Gasteiger partial charge in [-0.1, -0.05) is 17.7 Å². The van der Waals surface area contributed by atoms with E-state index < -0.39 is 0 Å². The number of methoxy groups -OCH3 is 1. The van der Waals surface area contributed by atoms with E-state index in [1.807, 2.05) is 13.0 Å². The van der Waals surface area contributed by atoms with E-state index in [-0.39, 0.29) is 6.10 Å². The Morgan fingerprint density at radius 3 is 2.90 bits per heavy atom. The molecule has 0 radical (unpaired) electrons. The molecule has 0 aliphatic carbocycles. The minimum absolute atomic E-state index is 0.267. The van der Waals surface area contributed by atoms with E-state index in [1.165, 1.54) is 5.54 Å². The van der Waals surface area contributed by atoms with E-state index in [9.17, 15) is 0 Å². The molecule has 0 heterocycles. The quantitative estimate of drug-likeness (QED) is 0.619. The van der Waals surface area contributed by atoms with E-state index in [0.717, 1.165) is 13.1 Å². The van der Waals surface area contributed by atoms with Gasteiger partial charge in [-0.05, 0) is 6.92 Å². The predicted molar refractivity (Wildman–Crippen MR) is 44.3 cm³/mol. The van der Waals surface area contributed by atoms with Gasteiger partial charge in [-0.15, -0.1) is 0 Å². The van der Waals surface area contributed by atoms with Crippen molar-refractivity contribution < 1.29 is 4.74 Å². The van der Waals surface area contributed by atoms with Crippen LogP contribution in [0.15, 0.2) is 11.6 Å². The molecular weight excluding hydrogens is 150 g/mol. The van der Waals surface area contributed by atoms with Crippen molar-refractivity contribution in [3.05, 3.63) is 11.6 Å². The second-order valence-electron chi connectivity index (χ2n) is 2.07. The van der Waals surface area contributed by atoms with E-state index in [2.05, 4.69) is 5.32 Å². The van der Waals surface area contributed by atoms with Crippen molar-refractivity contribution in [1.82, 2.24) is 5.32 Å². The van der Waals surface area contributed by atoms with Gasteiger partial charge in [0.2, 0.25) is 0 Å². The highest BCUT2D eigenvalue weighted by atomic mass is 35.5. The Kier molecular flexibility index (Phi) is 7.03. The number of rotatable bonds is 5. The maximum Gasteiger partial charge on any atom is 0.0667 e. The van der Waals surface area contributed by atoms with Crippen LogP contribution in [-0.4, -0.2) is 26.3 Å². The topological polar surface area (TPSA) is 21.3 Å². The molecule has 0 aromatic carbocycles. The Balaban J connectivity index is 3.03. The maximum atomic E-state index is 5.30. The summed E-state index contributed by atoms with van der Waals surface area (Å²) in [6.07, 6.45) is 2.12. The van der Waals surface area contributed by atoms with Crippen molar-refractivity contribution >= 4 is 11.6 Å². The summed E-state index contributed by atoms with van der Waals surface area (Å²) in [5.41, 5.74) is 1.50. The van der Waals surface area contributed by atoms with Crippen LogP contribution in [0.5, 0.6) is 0 Å². The third-order valence-corrected chi connectivity index (χ3v) is 1.36. The SMILES string of the molecule is COC(C)CNC/C=C/Cl. The lowest BCUT2D eigenvalue weighted by atomic mass is 10.4. The van der Waals surface area contributed by atoms with Crippen LogP contribution in [0.25, 0.3) is 0 Å². The highest BCUT2D eigenvalue weighted by molar-refractivity contribution is 6.25. The zero-order valence-corrected chi connectivity index (χ0v) is 7.19. The van der Waals surface area contributed by atoms with Crippen LogP contribution in [0, 0.1) is 0 Å². The van der Waals surface area contributed by atoms with Crippen LogP contribution in [0.3, 0.4) is 0 Å². The molecule has 0 aromatic rings. The standard InChI is InChI=1S/C7H14ClNO/c1-7(10-2)6-9-5-3-4-8/h3-4,7,9H,5-6H2,1-2H3/b4-3+. The normalized spacial score (nSPS) is 14.3. The summed E-state index contributed by atoms with van der Waals surface area (Å²) in [6.45, 7) is 3.67. The van der Waals surface area contributed by atoms with Crippen LogP contribution in [-0.2, 0) is 4.74 Å². The molecule has 0 amide bonds. The Morgan fingerprint density at radius 1 is 1.70 bits per heavy atom. The number of halogens is 1. The molecule has 0 aliphatic rings. The summed E-state index contributed by atoms with van der Waals surface area (Å²) >= 11 is 5.30. The lowest BCUT2D eigenvalue weighted by Gasteiger charge is -2.08. The number of hydrogen-bond acceptors (Lipinski definition) is 2. The zero-order valence-electron chi connectivity index (χ0n) is 6.43. The summed E-state index contributed by atoms with van der Waals surface area (Å²) < 4.78 is 5.01. The Labute approximate surface area is 67.2 Å². The highest BCUT2D eigenvalue weighted by Gasteiger charge is 1.94. The molecule has 0 aliphatic heterocycles. The fourth-order valence-electron chi connectivity index (χ4n) is 0.498. The van der Waals surface area contributed by atoms with Gasteiger partial charge < -0.3 is 10.1 Å². The summed E-state index contributed by atoms with van der Waals surface area (Å²) in [7, 11) is 1.70. The van der Waals surface area contributed by atoms with Gasteiger partial charge in [0.15, 0.2) is 0 Å². The second-order valence-corrected chi connectivity index (χ2v) is 2.32. The average molecular weight is 164 g/mol. The minimum atomic E-state index is 0.267. The molecule has 0 saturated heterocycles. The number of hydrogen-bond donors (Lipinski definition) is 1. The first-order chi connectivity index (χ1) is 4.81. The molecule has 0 bridgehead atoms. The lowest BCUT2D eigenvalue weighted by molar-refractivity contribution is 0.118. The average Bonchev–Trinajstić information content (AvgIpc) is 1.98. The molecule has 0 aromatic heterocycles. The fraction of sp³-hybridized carbons (Fsp3) is 0.714. The first-order valence-corrected chi connectivity index (χ1v) is 3.73. The molecule has 3 heteroatoms. The summed E-state index contributed by atoms with van der Waals surface area (Å²) in [4.78, 5) is 0. The molecule has 0 saturated carbocycles. The van der Waals surface area contributed by atoms with E-state index in [0.29, 0.717) is 0 Å². The Hall–Kier alpha value is -0.0500. The van der Waals surface area contributed by atoms with Crippen LogP contribution in [0.2, 0.25) is 0 Å². The minimum Gasteiger partial charge on any atom is -0.380 e. The molecule has 10 heavy (non-hydrogen) atoms. The fourth-order valence-corrected chi connectivity index (χ4v) is 0.587. The van der Waals surface area contributed by atoms with Crippen LogP contribution in [0.1, 0.15) is 6.92 Å². The van der Waals surface area contributed by atoms with E-state index >= 15 is 0 Å². The largest absolute Gasteiger partial charge is 0.380 e. The molecule has 60 valence electrons. The van der Waals surface area contributed by atoms with Gasteiger partial charge in [0.05, 0.1) is 6.10 Å². The molecule has 0 rings (SSSR count). The summed E-state index contributed by atoms with van der Waals surface area (Å²) in [6, 6.07) is 0. The summed E-state index contributed by atoms with van der Waals surface area (Å²) in [5, 5.41) is 3.14. The predicted octanol–water partition coefficient (Wildman–Crippen LogP) is 1.36. The Bertz CT molecular complexity index is 95.6. The molecule has 0 spiro atoms. The van der Waals surface area contributed by atoms with Gasteiger partial charge in [0, 0.05) is 25.7 Å². The van der Waals surface area contributed by atoms with Crippen molar-refractivity contribution in [3.8, 4) is 0 Å². The van der Waals surface area contributed by atoms with Gasteiger partial charge in [-0.2, -0.15) is 0 Å². The van der Waals surface area contributed by atoms with Crippen LogP contribution < -0.4 is 5.32 Å². The van der Waals surface area contributed by atoms with Gasteiger partial charge in [0.25, 0.3) is 0 Å². The number of ether oxygens (including phenoxy) is 1. The summed E-state index contributed by atoms with van der Waals surface area (Å²) in [5.74, 6) is 0. The van der Waals surface area contributed by atoms with E-state index in [1.54, 1.807) is 7.11 Å². The lowest BCUT2D eigenvalue weighted by Crippen LogP contribution is -2.25. The molecule has 1 N–H and O–H groups in total. The third kappa shape index (κ3) is 6.08. The van der Waals surface area contributed by atoms with Crippen molar-refractivity contribution in [2.45, 2.75) is 13.0 Å². The maximum absolute atomic E-state index is 5.30. The van der Waals surface area contributed by atoms with Crippen molar-refractivity contribution in [2.24, 2.45) is 0 Å². The Morgan fingerprint density at radius 2 is 2.40 bits per heavy atom. The molecule has 1 atom stereocenters. The van der Waals surface area contributed by atoms with Gasteiger partial charge in [-0.25, -0.2) is 0 Å². The number of nitrogens with one attached hydrogen (secondary N) is 1. The smallest absolute Gasteiger partial charge is 0.0667 e. The van der Waals surface area contributed by atoms with Crippen molar-refractivity contribution in [2.75, 3.05) is 20.2 Å². The zero-order chi connectivity index (χ0) is 7.82. The van der Waals surface area contributed by atoms with Gasteiger partial charge in [-0.3, -0.25) is 0 Å². The van der Waals surface area contributed by atoms with Crippen molar-refractivity contribution in [3.63, 3.8) is 0 Å². The van der Waals surface area contributed by atoms with Crippen molar-refractivity contribution in [1.29, 1.82) is 0 Å². The van der Waals surface area contributed by atoms with Gasteiger partial charge in [0.1, 0.15) is 0 Å². The van der Waals surface area contributed by atoms with Crippen LogP contribution >= 0.6 is 11.6 Å². The first-order valence-electron chi connectivity index (χ1n) is 3.30.